The van der Waals surface area contributed by atoms with Crippen molar-refractivity contribution in [3.8, 4) is 0 Å². The van der Waals surface area contributed by atoms with Crippen molar-refractivity contribution in [3.05, 3.63) is 0 Å². The molecular weight excluding hydrogens is 227 g/mol. The Balaban J connectivity index is 2.29. The average Bonchev–Trinajstić information content (AvgIpc) is 2.51. The first-order valence-electron chi connectivity index (χ1n) is 6.75. The second-order valence-corrected chi connectivity index (χ2v) is 5.23. The normalized spacial score (nSPS) is 21.2. The van der Waals surface area contributed by atoms with Crippen LogP contribution in [-0.4, -0.2) is 19.3 Å². The summed E-state index contributed by atoms with van der Waals surface area (Å²) in [5.41, 5.74) is 0. The van der Waals surface area contributed by atoms with Gasteiger partial charge in [0.15, 0.2) is 0 Å². The number of nitrogens with one attached hydrogen (secondary N) is 1. The maximum Gasteiger partial charge on any atom is 0.389 e. The van der Waals surface area contributed by atoms with E-state index in [-0.39, 0.29) is 12.5 Å². The van der Waals surface area contributed by atoms with Gasteiger partial charge in [0.05, 0.1) is 0 Å². The van der Waals surface area contributed by atoms with Gasteiger partial charge in [0, 0.05) is 12.5 Å². The first-order chi connectivity index (χ1) is 8.01. The van der Waals surface area contributed by atoms with Crippen LogP contribution in [0.4, 0.5) is 13.2 Å². The number of hydrogen-bond donors (Lipinski definition) is 1. The van der Waals surface area contributed by atoms with Crippen molar-refractivity contribution in [1.82, 2.24) is 5.32 Å². The van der Waals surface area contributed by atoms with Crippen molar-refractivity contribution in [2.75, 3.05) is 7.05 Å². The third kappa shape index (κ3) is 6.92. The van der Waals surface area contributed by atoms with Gasteiger partial charge in [-0.1, -0.05) is 38.5 Å². The van der Waals surface area contributed by atoms with Crippen molar-refractivity contribution in [1.29, 1.82) is 0 Å². The lowest BCUT2D eigenvalue weighted by Crippen LogP contribution is -2.29. The molecular formula is C13H24F3N. The van der Waals surface area contributed by atoms with Gasteiger partial charge in [-0.25, -0.2) is 0 Å². The number of rotatable bonds is 5. The monoisotopic (exact) mass is 251 g/mol. The quantitative estimate of drug-likeness (QED) is 0.719. The third-order valence-electron chi connectivity index (χ3n) is 3.78. The zero-order valence-corrected chi connectivity index (χ0v) is 10.7. The first-order valence-corrected chi connectivity index (χ1v) is 6.75. The minimum absolute atomic E-state index is 0.0275. The summed E-state index contributed by atoms with van der Waals surface area (Å²) in [7, 11) is 1.78. The van der Waals surface area contributed by atoms with E-state index in [1.54, 1.807) is 7.05 Å². The Morgan fingerprint density at radius 1 is 1.12 bits per heavy atom. The summed E-state index contributed by atoms with van der Waals surface area (Å²) in [5, 5.41) is 3.04. The summed E-state index contributed by atoms with van der Waals surface area (Å²) < 4.78 is 36.5. The van der Waals surface area contributed by atoms with E-state index in [1.165, 1.54) is 38.5 Å². The lowest BCUT2D eigenvalue weighted by Gasteiger charge is -2.22. The molecule has 1 rings (SSSR count). The van der Waals surface area contributed by atoms with Crippen LogP contribution >= 0.6 is 0 Å². The molecule has 4 heteroatoms. The number of alkyl halides is 3. The second-order valence-electron chi connectivity index (χ2n) is 5.23. The van der Waals surface area contributed by atoms with Crippen LogP contribution in [0, 0.1) is 5.92 Å². The van der Waals surface area contributed by atoms with E-state index in [4.69, 9.17) is 0 Å². The molecule has 0 amide bonds. The van der Waals surface area contributed by atoms with Crippen LogP contribution in [0.1, 0.15) is 57.8 Å². The van der Waals surface area contributed by atoms with Crippen LogP contribution in [0.15, 0.2) is 0 Å². The molecule has 0 aromatic heterocycles. The van der Waals surface area contributed by atoms with Gasteiger partial charge in [-0.3, -0.25) is 0 Å². The molecule has 0 aliphatic heterocycles. The lowest BCUT2D eigenvalue weighted by atomic mass is 9.91. The molecule has 1 saturated carbocycles. The summed E-state index contributed by atoms with van der Waals surface area (Å²) >= 11 is 0. The van der Waals surface area contributed by atoms with Crippen molar-refractivity contribution in [3.63, 3.8) is 0 Å². The van der Waals surface area contributed by atoms with Crippen molar-refractivity contribution < 1.29 is 13.2 Å². The molecule has 1 unspecified atom stereocenters. The molecule has 0 heterocycles. The van der Waals surface area contributed by atoms with Gasteiger partial charge in [-0.15, -0.1) is 0 Å². The van der Waals surface area contributed by atoms with E-state index in [9.17, 15) is 13.2 Å². The van der Waals surface area contributed by atoms with Gasteiger partial charge in [0.1, 0.15) is 0 Å². The molecule has 1 N–H and O–H groups in total. The fourth-order valence-electron chi connectivity index (χ4n) is 2.72. The Labute approximate surface area is 102 Å². The van der Waals surface area contributed by atoms with Crippen molar-refractivity contribution in [2.45, 2.75) is 70.0 Å². The van der Waals surface area contributed by atoms with Gasteiger partial charge in [-0.05, 0) is 25.8 Å². The van der Waals surface area contributed by atoms with Crippen LogP contribution in [0.25, 0.3) is 0 Å². The summed E-state index contributed by atoms with van der Waals surface area (Å²) in [6.45, 7) is 0. The Morgan fingerprint density at radius 2 is 1.71 bits per heavy atom. The topological polar surface area (TPSA) is 12.0 Å². The fraction of sp³-hybridized carbons (Fsp3) is 1.00. The number of hydrogen-bond acceptors (Lipinski definition) is 1. The highest BCUT2D eigenvalue weighted by Gasteiger charge is 2.28. The van der Waals surface area contributed by atoms with Gasteiger partial charge in [0.25, 0.3) is 0 Å². The molecule has 0 spiro atoms. The molecule has 0 aromatic carbocycles. The highest BCUT2D eigenvalue weighted by molar-refractivity contribution is 4.74. The van der Waals surface area contributed by atoms with Gasteiger partial charge in [0.2, 0.25) is 0 Å². The van der Waals surface area contributed by atoms with E-state index in [0.717, 1.165) is 6.42 Å². The van der Waals surface area contributed by atoms with Gasteiger partial charge >= 0.3 is 6.18 Å². The number of halogens is 3. The highest BCUT2D eigenvalue weighted by Crippen LogP contribution is 2.29. The summed E-state index contributed by atoms with van der Waals surface area (Å²) in [5.74, 6) is 0.628. The predicted molar refractivity (Wildman–Crippen MR) is 63.9 cm³/mol. The molecule has 102 valence electrons. The van der Waals surface area contributed by atoms with E-state index in [2.05, 4.69) is 5.32 Å². The Bertz CT molecular complexity index is 195. The third-order valence-corrected chi connectivity index (χ3v) is 3.78. The zero-order valence-electron chi connectivity index (χ0n) is 10.7. The standard InChI is InChI=1S/C13H24F3N/c1-17-12(8-9-13(14,15)16)10-11-6-4-2-3-5-7-11/h11-12,17H,2-10H2,1H3. The molecule has 1 aliphatic rings. The molecule has 0 saturated heterocycles. The minimum Gasteiger partial charge on any atom is -0.317 e. The summed E-state index contributed by atoms with van der Waals surface area (Å²) in [4.78, 5) is 0. The van der Waals surface area contributed by atoms with Crippen LogP contribution in [0.2, 0.25) is 0 Å². The SMILES string of the molecule is CNC(CCC(F)(F)F)CC1CCCCCC1. The van der Waals surface area contributed by atoms with Crippen LogP contribution < -0.4 is 5.32 Å². The van der Waals surface area contributed by atoms with Crippen LogP contribution in [0.3, 0.4) is 0 Å². The fourth-order valence-corrected chi connectivity index (χ4v) is 2.72. The molecule has 1 aliphatic carbocycles. The predicted octanol–water partition coefficient (Wildman–Crippen LogP) is 4.28. The Kier molecular flexibility index (Phi) is 6.31. The second kappa shape index (κ2) is 7.24. The molecule has 0 aromatic rings. The Morgan fingerprint density at radius 3 is 2.18 bits per heavy atom. The first kappa shape index (κ1) is 14.8. The van der Waals surface area contributed by atoms with E-state index >= 15 is 0 Å². The molecule has 0 radical (unpaired) electrons. The lowest BCUT2D eigenvalue weighted by molar-refractivity contribution is -0.136. The van der Waals surface area contributed by atoms with Crippen LogP contribution in [0.5, 0.6) is 0 Å². The average molecular weight is 251 g/mol. The van der Waals surface area contributed by atoms with Crippen LogP contribution in [-0.2, 0) is 0 Å². The molecule has 1 nitrogen and oxygen atoms in total. The van der Waals surface area contributed by atoms with Gasteiger partial charge in [-0.2, -0.15) is 13.2 Å². The highest BCUT2D eigenvalue weighted by atomic mass is 19.4. The largest absolute Gasteiger partial charge is 0.389 e. The summed E-state index contributed by atoms with van der Waals surface area (Å²) in [6.07, 6.45) is 3.94. The molecule has 0 bridgehead atoms. The van der Waals surface area contributed by atoms with E-state index in [1.807, 2.05) is 0 Å². The molecule has 1 atom stereocenters. The zero-order chi connectivity index (χ0) is 12.7. The Hall–Kier alpha value is -0.250. The van der Waals surface area contributed by atoms with Crippen molar-refractivity contribution >= 4 is 0 Å². The minimum atomic E-state index is -4.02. The maximum absolute atomic E-state index is 12.2. The van der Waals surface area contributed by atoms with E-state index < -0.39 is 12.6 Å². The van der Waals surface area contributed by atoms with E-state index in [0.29, 0.717) is 5.92 Å². The summed E-state index contributed by atoms with van der Waals surface area (Å²) in [6, 6.07) is 0.0275. The van der Waals surface area contributed by atoms with Gasteiger partial charge < -0.3 is 5.32 Å². The smallest absolute Gasteiger partial charge is 0.317 e. The molecule has 17 heavy (non-hydrogen) atoms. The molecule has 1 fully saturated rings. The maximum atomic E-state index is 12.2. The van der Waals surface area contributed by atoms with Crippen molar-refractivity contribution in [2.24, 2.45) is 5.92 Å².